The maximum absolute atomic E-state index is 12.5. The van der Waals surface area contributed by atoms with Crippen molar-refractivity contribution in [3.8, 4) is 11.6 Å². The Kier molecular flexibility index (Phi) is 5.24. The molecule has 1 N–H and O–H groups in total. The van der Waals surface area contributed by atoms with E-state index in [2.05, 4.69) is 29.1 Å². The first-order valence-corrected chi connectivity index (χ1v) is 8.43. The molecule has 0 fully saturated rings. The van der Waals surface area contributed by atoms with Crippen LogP contribution in [0.4, 0.5) is 0 Å². The zero-order valence-electron chi connectivity index (χ0n) is 13.5. The van der Waals surface area contributed by atoms with Crippen molar-refractivity contribution < 1.29 is 9.21 Å². The van der Waals surface area contributed by atoms with Crippen LogP contribution in [0.25, 0.3) is 11.6 Å². The molecule has 1 amide bonds. The molecule has 2 aromatic rings. The van der Waals surface area contributed by atoms with Gasteiger partial charge in [-0.25, -0.2) is 9.97 Å². The van der Waals surface area contributed by atoms with E-state index in [0.29, 0.717) is 33.8 Å². The summed E-state index contributed by atoms with van der Waals surface area (Å²) in [4.78, 5) is 21.4. The molecule has 0 saturated carbocycles. The third-order valence-electron chi connectivity index (χ3n) is 3.58. The summed E-state index contributed by atoms with van der Waals surface area (Å²) in [6.45, 7) is 7.96. The van der Waals surface area contributed by atoms with Crippen molar-refractivity contribution in [3.63, 3.8) is 0 Å². The highest BCUT2D eigenvalue weighted by Crippen LogP contribution is 2.25. The third kappa shape index (κ3) is 3.50. The van der Waals surface area contributed by atoms with Crippen LogP contribution in [-0.2, 0) is 0 Å². The van der Waals surface area contributed by atoms with Crippen LogP contribution in [0.1, 0.15) is 36.8 Å². The number of furan rings is 1. The molecule has 0 aliphatic heterocycles. The van der Waals surface area contributed by atoms with Crippen LogP contribution in [0.15, 0.2) is 27.8 Å². The van der Waals surface area contributed by atoms with E-state index in [1.165, 1.54) is 11.8 Å². The normalized spacial score (nSPS) is 12.5. The summed E-state index contributed by atoms with van der Waals surface area (Å²) in [5.74, 6) is 1.33. The second-order valence-electron chi connectivity index (χ2n) is 5.50. The number of hydrogen-bond donors (Lipinski definition) is 1. The molecule has 0 bridgehead atoms. The predicted molar refractivity (Wildman–Crippen MR) is 88.0 cm³/mol. The van der Waals surface area contributed by atoms with Crippen LogP contribution in [-0.4, -0.2) is 28.2 Å². The Labute approximate surface area is 134 Å². The van der Waals surface area contributed by atoms with Crippen LogP contribution in [0, 0.1) is 12.8 Å². The topological polar surface area (TPSA) is 68.0 Å². The number of aryl methyl sites for hydroxylation is 1. The lowest BCUT2D eigenvalue weighted by Crippen LogP contribution is -2.37. The maximum Gasteiger partial charge on any atom is 0.256 e. The molecule has 1 atom stereocenters. The molecule has 0 aliphatic carbocycles. The van der Waals surface area contributed by atoms with Gasteiger partial charge < -0.3 is 9.73 Å². The number of carbonyl (C=O) groups excluding carboxylic acids is 1. The van der Waals surface area contributed by atoms with Crippen molar-refractivity contribution in [1.29, 1.82) is 0 Å². The van der Waals surface area contributed by atoms with E-state index in [4.69, 9.17) is 4.42 Å². The number of nitrogens with zero attached hydrogens (tertiary/aromatic N) is 2. The number of aromatic nitrogens is 2. The van der Waals surface area contributed by atoms with E-state index in [9.17, 15) is 4.79 Å². The minimum absolute atomic E-state index is 0.0892. The lowest BCUT2D eigenvalue weighted by molar-refractivity contribution is 0.0925. The van der Waals surface area contributed by atoms with Crippen molar-refractivity contribution >= 4 is 17.7 Å². The zero-order valence-corrected chi connectivity index (χ0v) is 14.3. The fraction of sp³-hybridized carbons (Fsp3) is 0.438. The summed E-state index contributed by atoms with van der Waals surface area (Å²) in [6, 6.07) is 3.68. The second kappa shape index (κ2) is 6.96. The van der Waals surface area contributed by atoms with Crippen molar-refractivity contribution in [1.82, 2.24) is 15.3 Å². The first kappa shape index (κ1) is 16.5. The van der Waals surface area contributed by atoms with Crippen LogP contribution >= 0.6 is 11.8 Å². The fourth-order valence-corrected chi connectivity index (χ4v) is 2.54. The van der Waals surface area contributed by atoms with Crippen molar-refractivity contribution in [2.45, 2.75) is 38.8 Å². The number of thioether (sulfide) groups is 1. The fourth-order valence-electron chi connectivity index (χ4n) is 1.92. The van der Waals surface area contributed by atoms with Gasteiger partial charge in [0.05, 0.1) is 17.5 Å². The lowest BCUT2D eigenvalue weighted by Gasteiger charge is -2.19. The van der Waals surface area contributed by atoms with Gasteiger partial charge in [0.25, 0.3) is 5.91 Å². The highest BCUT2D eigenvalue weighted by Gasteiger charge is 2.21. The minimum atomic E-state index is -0.131. The Morgan fingerprint density at radius 1 is 1.32 bits per heavy atom. The zero-order chi connectivity index (χ0) is 16.3. The van der Waals surface area contributed by atoms with Gasteiger partial charge in [0.1, 0.15) is 5.03 Å². The first-order valence-electron chi connectivity index (χ1n) is 7.21. The van der Waals surface area contributed by atoms with Crippen molar-refractivity contribution in [3.05, 3.63) is 29.7 Å². The van der Waals surface area contributed by atoms with Gasteiger partial charge in [-0.05, 0) is 38.2 Å². The van der Waals surface area contributed by atoms with Gasteiger partial charge in [0.2, 0.25) is 0 Å². The monoisotopic (exact) mass is 319 g/mol. The van der Waals surface area contributed by atoms with Crippen LogP contribution in [0.5, 0.6) is 0 Å². The van der Waals surface area contributed by atoms with E-state index in [0.717, 1.165) is 0 Å². The van der Waals surface area contributed by atoms with E-state index in [-0.39, 0.29) is 11.9 Å². The summed E-state index contributed by atoms with van der Waals surface area (Å²) < 4.78 is 5.34. The highest BCUT2D eigenvalue weighted by molar-refractivity contribution is 7.98. The highest BCUT2D eigenvalue weighted by atomic mass is 32.2. The average molecular weight is 319 g/mol. The van der Waals surface area contributed by atoms with Crippen molar-refractivity contribution in [2.24, 2.45) is 5.92 Å². The van der Waals surface area contributed by atoms with Gasteiger partial charge in [-0.15, -0.1) is 11.8 Å². The molecule has 0 aliphatic rings. The predicted octanol–water partition coefficient (Wildman–Crippen LogP) is 3.54. The summed E-state index contributed by atoms with van der Waals surface area (Å²) in [5, 5.41) is 3.67. The Balaban J connectivity index is 2.38. The number of amides is 1. The molecule has 0 radical (unpaired) electrons. The summed E-state index contributed by atoms with van der Waals surface area (Å²) in [6.07, 6.45) is 3.48. The Morgan fingerprint density at radius 3 is 2.59 bits per heavy atom. The van der Waals surface area contributed by atoms with Crippen molar-refractivity contribution in [2.75, 3.05) is 6.26 Å². The molecular formula is C16H21N3O2S. The number of rotatable bonds is 5. The molecule has 1 unspecified atom stereocenters. The number of nitrogens with one attached hydrogen (secondary N) is 1. The van der Waals surface area contributed by atoms with E-state index in [1.54, 1.807) is 18.4 Å². The van der Waals surface area contributed by atoms with E-state index in [1.807, 2.05) is 20.1 Å². The van der Waals surface area contributed by atoms with Gasteiger partial charge in [0, 0.05) is 6.04 Å². The molecule has 2 aromatic heterocycles. The largest absolute Gasteiger partial charge is 0.461 e. The number of hydrogen-bond acceptors (Lipinski definition) is 5. The van der Waals surface area contributed by atoms with Gasteiger partial charge >= 0.3 is 0 Å². The second-order valence-corrected chi connectivity index (χ2v) is 6.30. The molecule has 118 valence electrons. The minimum Gasteiger partial charge on any atom is -0.461 e. The quantitative estimate of drug-likeness (QED) is 0.674. The van der Waals surface area contributed by atoms with Crippen LogP contribution in [0.2, 0.25) is 0 Å². The van der Waals surface area contributed by atoms with E-state index >= 15 is 0 Å². The summed E-state index contributed by atoms with van der Waals surface area (Å²) >= 11 is 1.43. The Morgan fingerprint density at radius 2 is 2.05 bits per heavy atom. The molecule has 0 spiro atoms. The third-order valence-corrected chi connectivity index (χ3v) is 4.26. The molecule has 2 rings (SSSR count). The molecule has 2 heterocycles. The molecule has 6 heteroatoms. The lowest BCUT2D eigenvalue weighted by atomic mass is 10.1. The smallest absolute Gasteiger partial charge is 0.256 e. The van der Waals surface area contributed by atoms with Gasteiger partial charge in [-0.3, -0.25) is 4.79 Å². The van der Waals surface area contributed by atoms with Gasteiger partial charge in [-0.1, -0.05) is 13.8 Å². The molecule has 0 saturated heterocycles. The Hall–Kier alpha value is -1.82. The average Bonchev–Trinajstić information content (AvgIpc) is 3.00. The van der Waals surface area contributed by atoms with E-state index < -0.39 is 0 Å². The number of carbonyl (C=O) groups is 1. The van der Waals surface area contributed by atoms with Gasteiger partial charge in [0.15, 0.2) is 11.6 Å². The molecule has 0 aromatic carbocycles. The SMILES string of the molecule is CSc1nc(-c2ccco2)nc(C)c1C(=O)NC(C)C(C)C. The molecule has 22 heavy (non-hydrogen) atoms. The van der Waals surface area contributed by atoms with Crippen LogP contribution in [0.3, 0.4) is 0 Å². The summed E-state index contributed by atoms with van der Waals surface area (Å²) in [5.41, 5.74) is 1.19. The standard InChI is InChI=1S/C16H21N3O2S/c1-9(2)10(3)18-15(20)13-11(4)17-14(19-16(13)22-5)12-7-6-8-21-12/h6-10H,1-5H3,(H,18,20). The Bertz CT molecular complexity index is 654. The molecule has 5 nitrogen and oxygen atoms in total. The summed E-state index contributed by atoms with van der Waals surface area (Å²) in [7, 11) is 0. The van der Waals surface area contributed by atoms with Crippen LogP contribution < -0.4 is 5.32 Å². The first-order chi connectivity index (χ1) is 10.4. The maximum atomic E-state index is 12.5. The van der Waals surface area contributed by atoms with Gasteiger partial charge in [-0.2, -0.15) is 0 Å². The molecular weight excluding hydrogens is 298 g/mol.